The zero-order chi connectivity index (χ0) is 7.14. The molecule has 0 aromatic carbocycles. The molecule has 0 radical (unpaired) electrons. The van der Waals surface area contributed by atoms with Crippen molar-refractivity contribution >= 4 is 5.71 Å². The molecule has 1 nitrogen and oxygen atoms in total. The van der Waals surface area contributed by atoms with E-state index in [1.165, 1.54) is 11.1 Å². The van der Waals surface area contributed by atoms with Crippen molar-refractivity contribution in [2.24, 2.45) is 4.99 Å². The summed E-state index contributed by atoms with van der Waals surface area (Å²) in [6, 6.07) is 0. The fourth-order valence-corrected chi connectivity index (χ4v) is 1.30. The number of rotatable bonds is 0. The molecule has 0 N–H and O–H groups in total. The Morgan fingerprint density at radius 3 is 2.70 bits per heavy atom. The van der Waals surface area contributed by atoms with Gasteiger partial charge in [-0.05, 0) is 25.5 Å². The molecule has 0 aromatic rings. The zero-order valence-electron chi connectivity index (χ0n) is 6.18. The average molecular weight is 131 g/mol. The van der Waals surface area contributed by atoms with Crippen LogP contribution in [0.3, 0.4) is 0 Å². The first-order chi connectivity index (χ1) is 4.77. The molecule has 0 atom stereocenters. The third-order valence-electron chi connectivity index (χ3n) is 1.81. The molecule has 1 heteroatoms. The minimum atomic E-state index is 1.12. The van der Waals surface area contributed by atoms with E-state index >= 15 is 0 Å². The van der Waals surface area contributed by atoms with Gasteiger partial charge in [-0.3, -0.25) is 4.99 Å². The normalized spacial score (nSPS) is 21.4. The third kappa shape index (κ3) is 0.604. The van der Waals surface area contributed by atoms with Crippen LogP contribution < -0.4 is 0 Å². The Balaban J connectivity index is 2.58. The Labute approximate surface area is 60.5 Å². The standard InChI is InChI=1S/C9H9N/c1-6-3-4-8-5-7(2)10-9(6)8/h3-5H,1-2H3. The van der Waals surface area contributed by atoms with Crippen LogP contribution in [0.1, 0.15) is 13.8 Å². The van der Waals surface area contributed by atoms with E-state index in [2.05, 4.69) is 30.1 Å². The summed E-state index contributed by atoms with van der Waals surface area (Å²) in [6.45, 7) is 4.12. The van der Waals surface area contributed by atoms with Gasteiger partial charge in [0.1, 0.15) is 0 Å². The van der Waals surface area contributed by atoms with Gasteiger partial charge in [0.15, 0.2) is 0 Å². The van der Waals surface area contributed by atoms with Gasteiger partial charge in [0.2, 0.25) is 0 Å². The van der Waals surface area contributed by atoms with Crippen molar-refractivity contribution < 1.29 is 0 Å². The van der Waals surface area contributed by atoms with Gasteiger partial charge in [0.25, 0.3) is 0 Å². The first-order valence-electron chi connectivity index (χ1n) is 3.44. The van der Waals surface area contributed by atoms with Crippen LogP contribution in [-0.2, 0) is 0 Å². The molecule has 10 heavy (non-hydrogen) atoms. The number of hydrogen-bond acceptors (Lipinski definition) is 1. The summed E-state index contributed by atoms with van der Waals surface area (Å²) < 4.78 is 0. The maximum atomic E-state index is 4.37. The van der Waals surface area contributed by atoms with E-state index in [9.17, 15) is 0 Å². The first-order valence-corrected chi connectivity index (χ1v) is 3.44. The maximum absolute atomic E-state index is 4.37. The van der Waals surface area contributed by atoms with Crippen molar-refractivity contribution in [3.63, 3.8) is 0 Å². The van der Waals surface area contributed by atoms with Crippen molar-refractivity contribution in [2.45, 2.75) is 13.8 Å². The highest BCUT2D eigenvalue weighted by Gasteiger charge is 2.14. The van der Waals surface area contributed by atoms with Gasteiger partial charge >= 0.3 is 0 Å². The van der Waals surface area contributed by atoms with Crippen LogP contribution in [0.2, 0.25) is 0 Å². The topological polar surface area (TPSA) is 12.4 Å². The molecule has 0 fully saturated rings. The van der Waals surface area contributed by atoms with Crippen LogP contribution in [-0.4, -0.2) is 5.71 Å². The Kier molecular flexibility index (Phi) is 0.956. The van der Waals surface area contributed by atoms with E-state index in [1.807, 2.05) is 6.92 Å². The van der Waals surface area contributed by atoms with Crippen molar-refractivity contribution in [3.8, 4) is 0 Å². The summed E-state index contributed by atoms with van der Waals surface area (Å²) in [6.07, 6.45) is 6.34. The quantitative estimate of drug-likeness (QED) is 0.478. The summed E-state index contributed by atoms with van der Waals surface area (Å²) >= 11 is 0. The number of allylic oxidation sites excluding steroid dienone is 4. The lowest BCUT2D eigenvalue weighted by Crippen LogP contribution is -1.76. The Morgan fingerprint density at radius 1 is 1.20 bits per heavy atom. The summed E-state index contributed by atoms with van der Waals surface area (Å²) in [4.78, 5) is 4.37. The van der Waals surface area contributed by atoms with E-state index in [4.69, 9.17) is 0 Å². The molecule has 0 unspecified atom stereocenters. The van der Waals surface area contributed by atoms with Crippen molar-refractivity contribution in [2.75, 3.05) is 0 Å². The third-order valence-corrected chi connectivity index (χ3v) is 1.81. The highest BCUT2D eigenvalue weighted by Crippen LogP contribution is 2.29. The SMILES string of the molecule is CC1=NC2=C(C)C=CC2=C1. The number of hydrogen-bond donors (Lipinski definition) is 0. The smallest absolute Gasteiger partial charge is 0.0734 e. The molecule has 0 aromatic heterocycles. The highest BCUT2D eigenvalue weighted by molar-refractivity contribution is 5.99. The molecule has 2 rings (SSSR count). The van der Waals surface area contributed by atoms with Crippen LogP contribution in [0, 0.1) is 0 Å². The molecule has 0 bridgehead atoms. The molecule has 0 saturated heterocycles. The Hall–Kier alpha value is -1.11. The van der Waals surface area contributed by atoms with Crippen LogP contribution in [0.5, 0.6) is 0 Å². The minimum absolute atomic E-state index is 1.12. The molecule has 50 valence electrons. The molecule has 0 spiro atoms. The van der Waals surface area contributed by atoms with Crippen molar-refractivity contribution in [1.82, 2.24) is 0 Å². The summed E-state index contributed by atoms with van der Waals surface area (Å²) in [5.41, 5.74) is 4.84. The van der Waals surface area contributed by atoms with Crippen molar-refractivity contribution in [3.05, 3.63) is 35.1 Å². The molecule has 2 aliphatic rings. The zero-order valence-corrected chi connectivity index (χ0v) is 6.18. The number of aliphatic imine (C=N–C) groups is 1. The second-order valence-corrected chi connectivity index (χ2v) is 2.72. The molecule has 0 amide bonds. The van der Waals surface area contributed by atoms with E-state index in [0.717, 1.165) is 11.4 Å². The lowest BCUT2D eigenvalue weighted by atomic mass is 10.2. The summed E-state index contributed by atoms with van der Waals surface area (Å²) in [7, 11) is 0. The molecule has 1 aliphatic carbocycles. The summed E-state index contributed by atoms with van der Waals surface area (Å²) in [5, 5.41) is 0. The molecular weight excluding hydrogens is 122 g/mol. The predicted molar refractivity (Wildman–Crippen MR) is 43.0 cm³/mol. The second kappa shape index (κ2) is 1.69. The minimum Gasteiger partial charge on any atom is -0.253 e. The van der Waals surface area contributed by atoms with Crippen LogP contribution in [0.15, 0.2) is 40.1 Å². The Morgan fingerprint density at radius 2 is 2.00 bits per heavy atom. The van der Waals surface area contributed by atoms with E-state index in [1.54, 1.807) is 0 Å². The van der Waals surface area contributed by atoms with Crippen molar-refractivity contribution in [1.29, 1.82) is 0 Å². The lowest BCUT2D eigenvalue weighted by Gasteiger charge is -1.90. The monoisotopic (exact) mass is 131 g/mol. The molecular formula is C9H9N. The van der Waals surface area contributed by atoms with Gasteiger partial charge in [-0.1, -0.05) is 12.2 Å². The van der Waals surface area contributed by atoms with Crippen LogP contribution in [0.25, 0.3) is 0 Å². The van der Waals surface area contributed by atoms with Crippen LogP contribution in [0.4, 0.5) is 0 Å². The second-order valence-electron chi connectivity index (χ2n) is 2.72. The molecule has 0 saturated carbocycles. The molecule has 1 aliphatic heterocycles. The Bertz CT molecular complexity index is 301. The van der Waals surface area contributed by atoms with Crippen LogP contribution >= 0.6 is 0 Å². The van der Waals surface area contributed by atoms with Gasteiger partial charge in [-0.2, -0.15) is 0 Å². The highest BCUT2D eigenvalue weighted by atomic mass is 14.8. The average Bonchev–Trinajstić information content (AvgIpc) is 2.35. The fourth-order valence-electron chi connectivity index (χ4n) is 1.30. The van der Waals surface area contributed by atoms with Gasteiger partial charge in [0.05, 0.1) is 5.70 Å². The number of nitrogens with zero attached hydrogens (tertiary/aromatic N) is 1. The van der Waals surface area contributed by atoms with Gasteiger partial charge < -0.3 is 0 Å². The van der Waals surface area contributed by atoms with Gasteiger partial charge in [-0.25, -0.2) is 0 Å². The first kappa shape index (κ1) is 5.66. The van der Waals surface area contributed by atoms with E-state index < -0.39 is 0 Å². The van der Waals surface area contributed by atoms with Gasteiger partial charge in [-0.15, -0.1) is 0 Å². The van der Waals surface area contributed by atoms with E-state index in [0.29, 0.717) is 0 Å². The lowest BCUT2D eigenvalue weighted by molar-refractivity contribution is 1.34. The van der Waals surface area contributed by atoms with E-state index in [-0.39, 0.29) is 0 Å². The number of fused-ring (bicyclic) bond motifs is 1. The maximum Gasteiger partial charge on any atom is 0.0734 e. The van der Waals surface area contributed by atoms with Gasteiger partial charge in [0, 0.05) is 11.3 Å². The fraction of sp³-hybridized carbons (Fsp3) is 0.222. The largest absolute Gasteiger partial charge is 0.253 e. The summed E-state index contributed by atoms with van der Waals surface area (Å²) in [5.74, 6) is 0. The predicted octanol–water partition coefficient (Wildman–Crippen LogP) is 2.23. The molecule has 1 heterocycles.